The van der Waals surface area contributed by atoms with Gasteiger partial charge in [0.15, 0.2) is 0 Å². The van der Waals surface area contributed by atoms with Crippen LogP contribution in [-0.4, -0.2) is 4.98 Å². The van der Waals surface area contributed by atoms with Crippen molar-refractivity contribution in [2.45, 2.75) is 12.3 Å². The van der Waals surface area contributed by atoms with Crippen LogP contribution in [0.1, 0.15) is 11.3 Å². The first-order valence-electron chi connectivity index (χ1n) is 2.91. The molecule has 1 rings (SSSR count). The van der Waals surface area contributed by atoms with Gasteiger partial charge in [0, 0.05) is 21.7 Å². The minimum Gasteiger partial charge on any atom is -0.261 e. The van der Waals surface area contributed by atoms with E-state index in [1.807, 2.05) is 19.2 Å². The fourth-order valence-corrected chi connectivity index (χ4v) is 2.05. The molecular formula is C7H7Br2N. The molecule has 3 heteroatoms. The SMILES string of the molecule is Cc1cc(Br)c(CBr)cn1. The van der Waals surface area contributed by atoms with Crippen LogP contribution in [0.3, 0.4) is 0 Å². The van der Waals surface area contributed by atoms with Crippen LogP contribution in [0.4, 0.5) is 0 Å². The van der Waals surface area contributed by atoms with E-state index in [0.717, 1.165) is 15.5 Å². The smallest absolute Gasteiger partial charge is 0.0384 e. The van der Waals surface area contributed by atoms with Crippen LogP contribution in [0.5, 0.6) is 0 Å². The first-order chi connectivity index (χ1) is 4.74. The summed E-state index contributed by atoms with van der Waals surface area (Å²) in [6, 6.07) is 2.01. The number of hydrogen-bond donors (Lipinski definition) is 0. The molecule has 1 aromatic rings. The average Bonchev–Trinajstić information content (AvgIpc) is 1.88. The van der Waals surface area contributed by atoms with Crippen molar-refractivity contribution in [3.05, 3.63) is 28.0 Å². The second-order valence-electron chi connectivity index (χ2n) is 2.05. The molecule has 0 amide bonds. The zero-order valence-electron chi connectivity index (χ0n) is 5.56. The molecular weight excluding hydrogens is 258 g/mol. The second kappa shape index (κ2) is 3.49. The maximum absolute atomic E-state index is 4.15. The number of pyridine rings is 1. The Labute approximate surface area is 77.1 Å². The summed E-state index contributed by atoms with van der Waals surface area (Å²) in [4.78, 5) is 4.15. The van der Waals surface area contributed by atoms with Gasteiger partial charge in [-0.05, 0) is 18.6 Å². The van der Waals surface area contributed by atoms with E-state index in [4.69, 9.17) is 0 Å². The molecule has 0 aliphatic rings. The second-order valence-corrected chi connectivity index (χ2v) is 3.47. The predicted octanol–water partition coefficient (Wildman–Crippen LogP) is 3.05. The Kier molecular flexibility index (Phi) is 2.86. The Hall–Kier alpha value is 0.110. The fourth-order valence-electron chi connectivity index (χ4n) is 0.653. The number of hydrogen-bond acceptors (Lipinski definition) is 1. The van der Waals surface area contributed by atoms with E-state index >= 15 is 0 Å². The van der Waals surface area contributed by atoms with Crippen molar-refractivity contribution in [2.24, 2.45) is 0 Å². The summed E-state index contributed by atoms with van der Waals surface area (Å²) in [5, 5.41) is 0.848. The van der Waals surface area contributed by atoms with Crippen molar-refractivity contribution in [1.82, 2.24) is 4.98 Å². The standard InChI is InChI=1S/C7H7Br2N/c1-5-2-7(9)6(3-8)4-10-5/h2,4H,3H2,1H3. The van der Waals surface area contributed by atoms with Crippen LogP contribution in [0.2, 0.25) is 0 Å². The van der Waals surface area contributed by atoms with Gasteiger partial charge in [0.2, 0.25) is 0 Å². The molecule has 0 saturated heterocycles. The molecule has 0 aromatic carbocycles. The molecule has 0 unspecified atom stereocenters. The highest BCUT2D eigenvalue weighted by molar-refractivity contribution is 9.10. The van der Waals surface area contributed by atoms with Crippen molar-refractivity contribution in [2.75, 3.05) is 0 Å². The quantitative estimate of drug-likeness (QED) is 0.711. The van der Waals surface area contributed by atoms with Gasteiger partial charge < -0.3 is 0 Å². The van der Waals surface area contributed by atoms with Gasteiger partial charge in [-0.25, -0.2) is 0 Å². The van der Waals surface area contributed by atoms with Crippen LogP contribution < -0.4 is 0 Å². The van der Waals surface area contributed by atoms with Crippen LogP contribution in [0.15, 0.2) is 16.7 Å². The monoisotopic (exact) mass is 263 g/mol. The van der Waals surface area contributed by atoms with Crippen LogP contribution in [0, 0.1) is 6.92 Å². The van der Waals surface area contributed by atoms with Gasteiger partial charge >= 0.3 is 0 Å². The van der Waals surface area contributed by atoms with Gasteiger partial charge in [0.1, 0.15) is 0 Å². The largest absolute Gasteiger partial charge is 0.261 e. The van der Waals surface area contributed by atoms with Crippen molar-refractivity contribution >= 4 is 31.9 Å². The summed E-state index contributed by atoms with van der Waals surface area (Å²) < 4.78 is 1.12. The molecule has 0 aliphatic carbocycles. The van der Waals surface area contributed by atoms with Gasteiger partial charge in [0.25, 0.3) is 0 Å². The lowest BCUT2D eigenvalue weighted by Gasteiger charge is -1.98. The van der Waals surface area contributed by atoms with E-state index in [9.17, 15) is 0 Å². The molecule has 0 bridgehead atoms. The molecule has 0 N–H and O–H groups in total. The van der Waals surface area contributed by atoms with E-state index < -0.39 is 0 Å². The lowest BCUT2D eigenvalue weighted by Crippen LogP contribution is -1.85. The average molecular weight is 265 g/mol. The number of aromatic nitrogens is 1. The molecule has 1 nitrogen and oxygen atoms in total. The number of alkyl halides is 1. The normalized spacial score (nSPS) is 9.90. The maximum atomic E-state index is 4.15. The molecule has 10 heavy (non-hydrogen) atoms. The molecule has 0 atom stereocenters. The minimum atomic E-state index is 0.848. The zero-order chi connectivity index (χ0) is 7.56. The van der Waals surface area contributed by atoms with Crippen LogP contribution >= 0.6 is 31.9 Å². The molecule has 0 spiro atoms. The zero-order valence-corrected chi connectivity index (χ0v) is 8.74. The Morgan fingerprint density at radius 3 is 2.80 bits per heavy atom. The van der Waals surface area contributed by atoms with E-state index in [1.165, 1.54) is 5.56 Å². The first kappa shape index (κ1) is 8.21. The minimum absolute atomic E-state index is 0.848. The number of halogens is 2. The lowest BCUT2D eigenvalue weighted by atomic mass is 10.3. The molecule has 54 valence electrons. The molecule has 0 radical (unpaired) electrons. The number of nitrogens with zero attached hydrogens (tertiary/aromatic N) is 1. The fraction of sp³-hybridized carbons (Fsp3) is 0.286. The number of aryl methyl sites for hydroxylation is 1. The topological polar surface area (TPSA) is 12.9 Å². The Morgan fingerprint density at radius 2 is 2.30 bits per heavy atom. The van der Waals surface area contributed by atoms with Gasteiger partial charge in [0.05, 0.1) is 0 Å². The van der Waals surface area contributed by atoms with Crippen LogP contribution in [0.25, 0.3) is 0 Å². The highest BCUT2D eigenvalue weighted by Crippen LogP contribution is 2.18. The summed E-state index contributed by atoms with van der Waals surface area (Å²) in [6.45, 7) is 1.97. The summed E-state index contributed by atoms with van der Waals surface area (Å²) in [5.74, 6) is 0. The van der Waals surface area contributed by atoms with Crippen molar-refractivity contribution in [3.63, 3.8) is 0 Å². The molecule has 1 heterocycles. The van der Waals surface area contributed by atoms with E-state index in [2.05, 4.69) is 36.8 Å². The molecule has 1 aromatic heterocycles. The summed E-state index contributed by atoms with van der Waals surface area (Å²) in [7, 11) is 0. The third kappa shape index (κ3) is 1.80. The summed E-state index contributed by atoms with van der Waals surface area (Å²) in [5.41, 5.74) is 2.22. The highest BCUT2D eigenvalue weighted by Gasteiger charge is 1.97. The van der Waals surface area contributed by atoms with Gasteiger partial charge in [-0.15, -0.1) is 0 Å². The van der Waals surface area contributed by atoms with E-state index in [0.29, 0.717) is 0 Å². The van der Waals surface area contributed by atoms with E-state index in [-0.39, 0.29) is 0 Å². The van der Waals surface area contributed by atoms with Crippen molar-refractivity contribution < 1.29 is 0 Å². The first-order valence-corrected chi connectivity index (χ1v) is 4.82. The third-order valence-electron chi connectivity index (χ3n) is 1.21. The molecule has 0 saturated carbocycles. The van der Waals surface area contributed by atoms with E-state index in [1.54, 1.807) is 0 Å². The van der Waals surface area contributed by atoms with Gasteiger partial charge in [-0.2, -0.15) is 0 Å². The molecule has 0 fully saturated rings. The summed E-state index contributed by atoms with van der Waals surface area (Å²) >= 11 is 6.80. The van der Waals surface area contributed by atoms with Crippen LogP contribution in [-0.2, 0) is 5.33 Å². The summed E-state index contributed by atoms with van der Waals surface area (Å²) in [6.07, 6.45) is 1.87. The highest BCUT2D eigenvalue weighted by atomic mass is 79.9. The Morgan fingerprint density at radius 1 is 1.60 bits per heavy atom. The predicted molar refractivity (Wildman–Crippen MR) is 49.3 cm³/mol. The van der Waals surface area contributed by atoms with Gasteiger partial charge in [-0.1, -0.05) is 31.9 Å². The Bertz CT molecular complexity index is 235. The van der Waals surface area contributed by atoms with Crippen molar-refractivity contribution in [1.29, 1.82) is 0 Å². The third-order valence-corrected chi connectivity index (χ3v) is 2.55. The molecule has 0 aliphatic heterocycles. The maximum Gasteiger partial charge on any atom is 0.0384 e. The Balaban J connectivity index is 3.07. The van der Waals surface area contributed by atoms with Crippen molar-refractivity contribution in [3.8, 4) is 0 Å². The van der Waals surface area contributed by atoms with Gasteiger partial charge in [-0.3, -0.25) is 4.98 Å². The lowest BCUT2D eigenvalue weighted by molar-refractivity contribution is 1.15. The number of rotatable bonds is 1.